The average Bonchev–Trinajstić information content (AvgIpc) is 3.16. The first-order valence-electron chi connectivity index (χ1n) is 8.92. The SMILES string of the molecule is O=C(Cc1cccc(F)c1)Nc1cccc(NC(=O)c2ccc3c(c2)OCO3)c1. The van der Waals surface area contributed by atoms with Crippen LogP contribution in [0.2, 0.25) is 0 Å². The zero-order chi connectivity index (χ0) is 20.2. The number of nitrogens with one attached hydrogen (secondary N) is 2. The number of ether oxygens (including phenoxy) is 2. The van der Waals surface area contributed by atoms with Gasteiger partial charge in [0.2, 0.25) is 12.7 Å². The molecule has 0 unspecified atom stereocenters. The molecule has 2 N–H and O–H groups in total. The zero-order valence-corrected chi connectivity index (χ0v) is 15.3. The molecule has 1 aliphatic heterocycles. The van der Waals surface area contributed by atoms with E-state index in [0.29, 0.717) is 34.0 Å². The Morgan fingerprint density at radius 1 is 0.862 bits per heavy atom. The lowest BCUT2D eigenvalue weighted by atomic mass is 10.1. The number of halogens is 1. The van der Waals surface area contributed by atoms with Gasteiger partial charge in [-0.2, -0.15) is 0 Å². The van der Waals surface area contributed by atoms with Crippen molar-refractivity contribution in [3.05, 3.63) is 83.7 Å². The van der Waals surface area contributed by atoms with Gasteiger partial charge in [0.15, 0.2) is 11.5 Å². The maximum Gasteiger partial charge on any atom is 0.255 e. The first-order chi connectivity index (χ1) is 14.1. The molecular weight excluding hydrogens is 375 g/mol. The van der Waals surface area contributed by atoms with Crippen molar-refractivity contribution in [2.75, 3.05) is 17.4 Å². The van der Waals surface area contributed by atoms with Crippen molar-refractivity contribution < 1.29 is 23.5 Å². The van der Waals surface area contributed by atoms with Crippen LogP contribution in [0.3, 0.4) is 0 Å². The number of carbonyl (C=O) groups excluding carboxylic acids is 2. The van der Waals surface area contributed by atoms with Crippen LogP contribution in [0.1, 0.15) is 15.9 Å². The molecule has 0 bridgehead atoms. The smallest absolute Gasteiger partial charge is 0.255 e. The maximum absolute atomic E-state index is 13.2. The van der Waals surface area contributed by atoms with Crippen LogP contribution in [-0.2, 0) is 11.2 Å². The molecule has 6 nitrogen and oxygen atoms in total. The molecule has 0 aliphatic carbocycles. The predicted molar refractivity (Wildman–Crippen MR) is 106 cm³/mol. The van der Waals surface area contributed by atoms with Crippen LogP contribution in [0.25, 0.3) is 0 Å². The van der Waals surface area contributed by atoms with Gasteiger partial charge in [-0.3, -0.25) is 9.59 Å². The molecule has 2 amide bonds. The number of benzene rings is 3. The van der Waals surface area contributed by atoms with Crippen molar-refractivity contribution in [3.8, 4) is 11.5 Å². The minimum absolute atomic E-state index is 0.0472. The molecule has 1 aliphatic rings. The zero-order valence-electron chi connectivity index (χ0n) is 15.3. The van der Waals surface area contributed by atoms with E-state index in [1.165, 1.54) is 12.1 Å². The largest absolute Gasteiger partial charge is 0.454 e. The van der Waals surface area contributed by atoms with Gasteiger partial charge in [-0.1, -0.05) is 18.2 Å². The molecule has 0 radical (unpaired) electrons. The van der Waals surface area contributed by atoms with E-state index in [0.717, 1.165) is 0 Å². The van der Waals surface area contributed by atoms with Gasteiger partial charge in [0, 0.05) is 16.9 Å². The summed E-state index contributed by atoms with van der Waals surface area (Å²) >= 11 is 0. The Morgan fingerprint density at radius 2 is 1.62 bits per heavy atom. The number of anilines is 2. The third-order valence-corrected chi connectivity index (χ3v) is 4.29. The number of hydrogen-bond donors (Lipinski definition) is 2. The first kappa shape index (κ1) is 18.5. The second-order valence-corrected chi connectivity index (χ2v) is 6.46. The van der Waals surface area contributed by atoms with Gasteiger partial charge in [-0.25, -0.2) is 4.39 Å². The molecule has 0 atom stereocenters. The van der Waals surface area contributed by atoms with E-state index in [2.05, 4.69) is 10.6 Å². The molecule has 146 valence electrons. The van der Waals surface area contributed by atoms with Crippen LogP contribution < -0.4 is 20.1 Å². The highest BCUT2D eigenvalue weighted by Crippen LogP contribution is 2.32. The fourth-order valence-electron chi connectivity index (χ4n) is 2.95. The summed E-state index contributed by atoms with van der Waals surface area (Å²) in [5.74, 6) is 0.144. The van der Waals surface area contributed by atoms with Crippen LogP contribution in [0.4, 0.5) is 15.8 Å². The summed E-state index contributed by atoms with van der Waals surface area (Å²) in [4.78, 5) is 24.7. The van der Waals surface area contributed by atoms with E-state index in [1.807, 2.05) is 0 Å². The van der Waals surface area contributed by atoms with Crippen molar-refractivity contribution in [1.82, 2.24) is 0 Å². The summed E-state index contributed by atoms with van der Waals surface area (Å²) in [6.07, 6.45) is 0.0472. The summed E-state index contributed by atoms with van der Waals surface area (Å²) in [7, 11) is 0. The third kappa shape index (κ3) is 4.52. The van der Waals surface area contributed by atoms with Crippen LogP contribution >= 0.6 is 0 Å². The van der Waals surface area contributed by atoms with E-state index in [-0.39, 0.29) is 30.8 Å². The molecule has 7 heteroatoms. The van der Waals surface area contributed by atoms with E-state index in [4.69, 9.17) is 9.47 Å². The summed E-state index contributed by atoms with van der Waals surface area (Å²) in [6.45, 7) is 0.137. The lowest BCUT2D eigenvalue weighted by molar-refractivity contribution is -0.115. The van der Waals surface area contributed by atoms with Gasteiger partial charge in [0.1, 0.15) is 5.82 Å². The topological polar surface area (TPSA) is 76.7 Å². The van der Waals surface area contributed by atoms with Gasteiger partial charge in [-0.15, -0.1) is 0 Å². The third-order valence-electron chi connectivity index (χ3n) is 4.29. The van der Waals surface area contributed by atoms with Crippen LogP contribution in [0, 0.1) is 5.82 Å². The fourth-order valence-corrected chi connectivity index (χ4v) is 2.95. The Bertz CT molecular complexity index is 1080. The molecule has 3 aromatic rings. The molecule has 4 rings (SSSR count). The number of rotatable bonds is 5. The van der Waals surface area contributed by atoms with Crippen LogP contribution in [0.15, 0.2) is 66.7 Å². The van der Waals surface area contributed by atoms with Gasteiger partial charge >= 0.3 is 0 Å². The summed E-state index contributed by atoms with van der Waals surface area (Å²) in [5.41, 5.74) is 2.05. The highest BCUT2D eigenvalue weighted by Gasteiger charge is 2.16. The van der Waals surface area contributed by atoms with E-state index >= 15 is 0 Å². The summed E-state index contributed by atoms with van der Waals surface area (Å²) < 4.78 is 23.8. The normalized spacial score (nSPS) is 11.8. The van der Waals surface area contributed by atoms with Gasteiger partial charge < -0.3 is 20.1 Å². The number of hydrogen-bond acceptors (Lipinski definition) is 4. The second-order valence-electron chi connectivity index (χ2n) is 6.46. The Hall–Kier alpha value is -3.87. The summed E-state index contributed by atoms with van der Waals surface area (Å²) in [6, 6.07) is 17.6. The average molecular weight is 392 g/mol. The quantitative estimate of drug-likeness (QED) is 0.688. The Balaban J connectivity index is 1.40. The lowest BCUT2D eigenvalue weighted by Crippen LogP contribution is -2.15. The first-order valence-corrected chi connectivity index (χ1v) is 8.92. The molecule has 1 heterocycles. The lowest BCUT2D eigenvalue weighted by Gasteiger charge is -2.09. The number of carbonyl (C=O) groups is 2. The number of amides is 2. The standard InChI is InChI=1S/C22H17FN2O4/c23-16-4-1-3-14(9-16)10-21(26)24-17-5-2-6-18(12-17)25-22(27)15-7-8-19-20(11-15)29-13-28-19/h1-9,11-12H,10,13H2,(H,24,26)(H,25,27). The van der Waals surface area contributed by atoms with Crippen molar-refractivity contribution in [2.45, 2.75) is 6.42 Å². The molecule has 0 saturated carbocycles. The molecule has 0 fully saturated rings. The molecule has 29 heavy (non-hydrogen) atoms. The molecule has 3 aromatic carbocycles. The number of fused-ring (bicyclic) bond motifs is 1. The molecule has 0 saturated heterocycles. The monoisotopic (exact) mass is 392 g/mol. The molecule has 0 aromatic heterocycles. The van der Waals surface area contributed by atoms with Crippen molar-refractivity contribution in [2.24, 2.45) is 0 Å². The maximum atomic E-state index is 13.2. The predicted octanol–water partition coefficient (Wildman–Crippen LogP) is 3.99. The van der Waals surface area contributed by atoms with Crippen LogP contribution in [-0.4, -0.2) is 18.6 Å². The molecule has 0 spiro atoms. The second kappa shape index (κ2) is 8.02. The van der Waals surface area contributed by atoms with Gasteiger partial charge in [-0.05, 0) is 54.1 Å². The van der Waals surface area contributed by atoms with Crippen molar-refractivity contribution in [3.63, 3.8) is 0 Å². The minimum atomic E-state index is -0.386. The summed E-state index contributed by atoms with van der Waals surface area (Å²) in [5, 5.41) is 5.53. The van der Waals surface area contributed by atoms with Crippen molar-refractivity contribution in [1.29, 1.82) is 0 Å². The highest BCUT2D eigenvalue weighted by molar-refractivity contribution is 6.05. The van der Waals surface area contributed by atoms with Gasteiger partial charge in [0.25, 0.3) is 5.91 Å². The van der Waals surface area contributed by atoms with Crippen molar-refractivity contribution >= 4 is 23.2 Å². The molecular formula is C22H17FN2O4. The Labute approximate surface area is 166 Å². The Kier molecular flexibility index (Phi) is 5.11. The highest BCUT2D eigenvalue weighted by atomic mass is 19.1. The fraction of sp³-hybridized carbons (Fsp3) is 0.0909. The Morgan fingerprint density at radius 3 is 2.45 bits per heavy atom. The van der Waals surface area contributed by atoms with E-state index in [1.54, 1.807) is 54.6 Å². The van der Waals surface area contributed by atoms with E-state index in [9.17, 15) is 14.0 Å². The van der Waals surface area contributed by atoms with Gasteiger partial charge in [0.05, 0.1) is 6.42 Å². The van der Waals surface area contributed by atoms with E-state index < -0.39 is 0 Å². The van der Waals surface area contributed by atoms with Crippen LogP contribution in [0.5, 0.6) is 11.5 Å². The minimum Gasteiger partial charge on any atom is -0.454 e.